The molecule has 1 fully saturated rings. The van der Waals surface area contributed by atoms with Crippen molar-refractivity contribution in [1.82, 2.24) is 15.1 Å². The molecule has 7 heteroatoms. The second-order valence-corrected chi connectivity index (χ2v) is 6.05. The number of likely N-dealkylation sites (tertiary alicyclic amines) is 1. The summed E-state index contributed by atoms with van der Waals surface area (Å²) in [6, 6.07) is 6.41. The Hall–Kier alpha value is -2.70. The van der Waals surface area contributed by atoms with Gasteiger partial charge in [-0.3, -0.25) is 20.0 Å². The fourth-order valence-corrected chi connectivity index (χ4v) is 3.20. The lowest BCUT2D eigenvalue weighted by molar-refractivity contribution is -0.385. The van der Waals surface area contributed by atoms with E-state index >= 15 is 0 Å². The normalized spacial score (nSPS) is 17.5. The number of nitro groups is 1. The van der Waals surface area contributed by atoms with E-state index in [9.17, 15) is 14.9 Å². The highest BCUT2D eigenvalue weighted by Gasteiger charge is 2.32. The van der Waals surface area contributed by atoms with Gasteiger partial charge in [-0.15, -0.1) is 0 Å². The fraction of sp³-hybridized carbons (Fsp3) is 0.375. The van der Waals surface area contributed by atoms with E-state index < -0.39 is 4.92 Å². The molecule has 0 bridgehead atoms. The first kappa shape index (κ1) is 15.2. The first-order valence-corrected chi connectivity index (χ1v) is 7.51. The van der Waals surface area contributed by atoms with Gasteiger partial charge in [-0.1, -0.05) is 29.3 Å². The van der Waals surface area contributed by atoms with E-state index in [2.05, 4.69) is 42.2 Å². The van der Waals surface area contributed by atoms with Crippen molar-refractivity contribution in [1.29, 1.82) is 0 Å². The van der Waals surface area contributed by atoms with Crippen LogP contribution in [0, 0.1) is 24.0 Å². The van der Waals surface area contributed by atoms with E-state index in [0.717, 1.165) is 12.6 Å². The Kier molecular flexibility index (Phi) is 3.85. The number of benzene rings is 1. The second-order valence-electron chi connectivity index (χ2n) is 6.05. The summed E-state index contributed by atoms with van der Waals surface area (Å²) in [5.41, 5.74) is 3.31. The van der Waals surface area contributed by atoms with Gasteiger partial charge in [-0.05, 0) is 25.8 Å². The largest absolute Gasteiger partial charge is 0.336 e. The smallest absolute Gasteiger partial charge is 0.319 e. The van der Waals surface area contributed by atoms with E-state index in [1.54, 1.807) is 4.90 Å². The van der Waals surface area contributed by atoms with Crippen LogP contribution >= 0.6 is 0 Å². The number of rotatable bonds is 3. The minimum absolute atomic E-state index is 0.0453. The predicted molar refractivity (Wildman–Crippen MR) is 84.4 cm³/mol. The average molecular weight is 314 g/mol. The lowest BCUT2D eigenvalue weighted by Crippen LogP contribution is -2.29. The molecule has 1 amide bonds. The fourth-order valence-electron chi connectivity index (χ4n) is 3.20. The Morgan fingerprint density at radius 1 is 1.35 bits per heavy atom. The molecule has 7 nitrogen and oxygen atoms in total. The molecule has 1 saturated heterocycles. The number of carbonyl (C=O) groups excluding carboxylic acids is 1. The van der Waals surface area contributed by atoms with Crippen molar-refractivity contribution in [3.8, 4) is 0 Å². The van der Waals surface area contributed by atoms with Gasteiger partial charge in [0.25, 0.3) is 5.91 Å². The monoisotopic (exact) mass is 314 g/mol. The molecular weight excluding hydrogens is 296 g/mol. The van der Waals surface area contributed by atoms with E-state index in [1.165, 1.54) is 16.7 Å². The number of amides is 1. The number of carbonyl (C=O) groups is 1. The zero-order valence-electron chi connectivity index (χ0n) is 13.1. The van der Waals surface area contributed by atoms with Crippen molar-refractivity contribution in [3.05, 3.63) is 56.9 Å². The summed E-state index contributed by atoms with van der Waals surface area (Å²) in [5.74, 6) is -0.0967. The van der Waals surface area contributed by atoms with Crippen LogP contribution in [0.1, 0.15) is 39.5 Å². The van der Waals surface area contributed by atoms with Crippen LogP contribution in [0.15, 0.2) is 24.4 Å². The van der Waals surface area contributed by atoms with Gasteiger partial charge in [-0.2, -0.15) is 5.10 Å². The lowest BCUT2D eigenvalue weighted by atomic mass is 9.95. The molecule has 23 heavy (non-hydrogen) atoms. The Bertz CT molecular complexity index is 748. The van der Waals surface area contributed by atoms with Crippen LogP contribution in [0.5, 0.6) is 0 Å². The van der Waals surface area contributed by atoms with Crippen LogP contribution in [-0.4, -0.2) is 39.0 Å². The summed E-state index contributed by atoms with van der Waals surface area (Å²) < 4.78 is 0. The van der Waals surface area contributed by atoms with Gasteiger partial charge in [0.1, 0.15) is 6.20 Å². The van der Waals surface area contributed by atoms with Gasteiger partial charge in [-0.25, -0.2) is 0 Å². The Morgan fingerprint density at radius 2 is 2.04 bits per heavy atom. The van der Waals surface area contributed by atoms with Crippen molar-refractivity contribution in [2.24, 2.45) is 0 Å². The minimum Gasteiger partial charge on any atom is -0.336 e. The molecule has 0 radical (unpaired) electrons. The number of aromatic amines is 1. The van der Waals surface area contributed by atoms with E-state index in [4.69, 9.17) is 0 Å². The van der Waals surface area contributed by atoms with Crippen LogP contribution in [0.4, 0.5) is 5.69 Å². The van der Waals surface area contributed by atoms with E-state index in [-0.39, 0.29) is 23.2 Å². The molecule has 120 valence electrons. The molecule has 1 N–H and O–H groups in total. The first-order chi connectivity index (χ1) is 11.0. The maximum absolute atomic E-state index is 12.5. The summed E-state index contributed by atoms with van der Waals surface area (Å²) in [5, 5.41) is 17.0. The molecule has 1 unspecified atom stereocenters. The standard InChI is InChI=1S/C16H18N4O3/c1-10-5-11(2)7-13(6-10)12-3-4-19(9-12)16(21)15-14(20(22)23)8-17-18-15/h5-8,12H,3-4,9H2,1-2H3,(H,17,18). The molecule has 0 spiro atoms. The summed E-state index contributed by atoms with van der Waals surface area (Å²) in [6.07, 6.45) is 1.93. The topological polar surface area (TPSA) is 92.1 Å². The Balaban J connectivity index is 1.78. The molecule has 1 atom stereocenters. The number of H-pyrrole nitrogens is 1. The predicted octanol–water partition coefficient (Wildman–Crippen LogP) is 2.56. The summed E-state index contributed by atoms with van der Waals surface area (Å²) in [6.45, 7) is 5.27. The number of hydrogen-bond acceptors (Lipinski definition) is 4. The molecule has 2 heterocycles. The van der Waals surface area contributed by atoms with E-state index in [0.29, 0.717) is 13.1 Å². The molecule has 1 aliphatic heterocycles. The summed E-state index contributed by atoms with van der Waals surface area (Å²) in [4.78, 5) is 24.5. The van der Waals surface area contributed by atoms with E-state index in [1.807, 2.05) is 0 Å². The van der Waals surface area contributed by atoms with Gasteiger partial charge in [0.15, 0.2) is 0 Å². The summed E-state index contributed by atoms with van der Waals surface area (Å²) in [7, 11) is 0. The van der Waals surface area contributed by atoms with Crippen molar-refractivity contribution < 1.29 is 9.72 Å². The molecule has 0 saturated carbocycles. The number of nitrogens with zero attached hydrogens (tertiary/aromatic N) is 3. The summed E-state index contributed by atoms with van der Waals surface area (Å²) >= 11 is 0. The van der Waals surface area contributed by atoms with Crippen LogP contribution in [0.2, 0.25) is 0 Å². The van der Waals surface area contributed by atoms with Crippen molar-refractivity contribution in [3.63, 3.8) is 0 Å². The Morgan fingerprint density at radius 3 is 2.70 bits per heavy atom. The third kappa shape index (κ3) is 2.94. The molecule has 2 aromatic rings. The molecule has 0 aliphatic carbocycles. The Labute approximate surface area is 133 Å². The van der Waals surface area contributed by atoms with Crippen LogP contribution in [0.3, 0.4) is 0 Å². The van der Waals surface area contributed by atoms with Crippen molar-refractivity contribution in [2.45, 2.75) is 26.2 Å². The molecule has 1 aromatic heterocycles. The molecular formula is C16H18N4O3. The number of nitrogens with one attached hydrogen (secondary N) is 1. The second kappa shape index (κ2) is 5.83. The van der Waals surface area contributed by atoms with Crippen LogP contribution in [-0.2, 0) is 0 Å². The maximum atomic E-state index is 12.5. The van der Waals surface area contributed by atoms with Gasteiger partial charge in [0.2, 0.25) is 5.69 Å². The third-order valence-corrected chi connectivity index (χ3v) is 4.22. The zero-order chi connectivity index (χ0) is 16.6. The molecule has 1 aromatic carbocycles. The number of aromatic nitrogens is 2. The van der Waals surface area contributed by atoms with Gasteiger partial charge < -0.3 is 4.90 Å². The molecule has 3 rings (SSSR count). The minimum atomic E-state index is -0.589. The van der Waals surface area contributed by atoms with Crippen molar-refractivity contribution in [2.75, 3.05) is 13.1 Å². The van der Waals surface area contributed by atoms with Crippen LogP contribution in [0.25, 0.3) is 0 Å². The first-order valence-electron chi connectivity index (χ1n) is 7.51. The number of aryl methyl sites for hydroxylation is 2. The highest BCUT2D eigenvalue weighted by atomic mass is 16.6. The van der Waals surface area contributed by atoms with Gasteiger partial charge >= 0.3 is 5.69 Å². The van der Waals surface area contributed by atoms with Gasteiger partial charge in [0, 0.05) is 19.0 Å². The quantitative estimate of drug-likeness (QED) is 0.696. The van der Waals surface area contributed by atoms with Crippen LogP contribution < -0.4 is 0 Å². The average Bonchev–Trinajstić information content (AvgIpc) is 3.15. The zero-order valence-corrected chi connectivity index (χ0v) is 13.1. The number of hydrogen-bond donors (Lipinski definition) is 1. The SMILES string of the molecule is Cc1cc(C)cc(C2CCN(C(=O)c3[nH]ncc3[N+](=O)[O-])C2)c1. The van der Waals surface area contributed by atoms with Crippen molar-refractivity contribution >= 4 is 11.6 Å². The molecule has 1 aliphatic rings. The lowest BCUT2D eigenvalue weighted by Gasteiger charge is -2.16. The maximum Gasteiger partial charge on any atom is 0.319 e. The van der Waals surface area contributed by atoms with Gasteiger partial charge in [0.05, 0.1) is 4.92 Å². The highest BCUT2D eigenvalue weighted by molar-refractivity contribution is 5.96. The highest BCUT2D eigenvalue weighted by Crippen LogP contribution is 2.30. The third-order valence-electron chi connectivity index (χ3n) is 4.22.